The number of hydrogen-bond donors (Lipinski definition) is 3. The van der Waals surface area contributed by atoms with Crippen molar-refractivity contribution in [2.24, 2.45) is 0 Å². The number of β-amino-alcohol motifs (C(OH)–C–C–N with tert-alkyl or cyclic N) is 1. The van der Waals surface area contributed by atoms with Crippen LogP contribution in [0.1, 0.15) is 32.1 Å². The molecule has 0 aromatic heterocycles. The van der Waals surface area contributed by atoms with E-state index in [1.807, 2.05) is 0 Å². The number of aliphatic hydroxyl groups excluding tert-OH is 2. The van der Waals surface area contributed by atoms with Crippen LogP contribution in [0.4, 0.5) is 10.5 Å². The van der Waals surface area contributed by atoms with E-state index in [2.05, 4.69) is 5.32 Å². The SMILES string of the molecule is O=C(Nc1ccc(S(=O)(=O)C2CCCC2)cc1)N1C[C@H](O)C[C@H]1CO. The minimum Gasteiger partial charge on any atom is -0.394 e. The van der Waals surface area contributed by atoms with E-state index in [1.54, 1.807) is 12.1 Å². The first-order chi connectivity index (χ1) is 11.9. The molecule has 3 N–H and O–H groups in total. The van der Waals surface area contributed by atoms with Gasteiger partial charge in [0.15, 0.2) is 9.84 Å². The summed E-state index contributed by atoms with van der Waals surface area (Å²) < 4.78 is 25.1. The number of anilines is 1. The number of nitrogens with zero attached hydrogens (tertiary/aromatic N) is 1. The van der Waals surface area contributed by atoms with Gasteiger partial charge in [-0.1, -0.05) is 12.8 Å². The maximum Gasteiger partial charge on any atom is 0.322 e. The largest absolute Gasteiger partial charge is 0.394 e. The molecule has 1 aromatic rings. The average molecular weight is 368 g/mol. The lowest BCUT2D eigenvalue weighted by Crippen LogP contribution is -2.40. The topological polar surface area (TPSA) is 107 Å². The van der Waals surface area contributed by atoms with Gasteiger partial charge in [-0.25, -0.2) is 13.2 Å². The Morgan fingerprint density at radius 1 is 1.20 bits per heavy atom. The summed E-state index contributed by atoms with van der Waals surface area (Å²) in [4.78, 5) is 14.0. The fourth-order valence-corrected chi connectivity index (χ4v) is 5.48. The highest BCUT2D eigenvalue weighted by atomic mass is 32.2. The van der Waals surface area contributed by atoms with Crippen molar-refractivity contribution in [1.82, 2.24) is 4.90 Å². The van der Waals surface area contributed by atoms with Crippen LogP contribution in [0.2, 0.25) is 0 Å². The predicted molar refractivity (Wildman–Crippen MR) is 93.1 cm³/mol. The quantitative estimate of drug-likeness (QED) is 0.744. The van der Waals surface area contributed by atoms with E-state index in [0.717, 1.165) is 12.8 Å². The minimum absolute atomic E-state index is 0.172. The normalized spacial score (nSPS) is 24.6. The zero-order valence-electron chi connectivity index (χ0n) is 14.0. The number of rotatable bonds is 4. The molecule has 1 heterocycles. The molecule has 2 atom stereocenters. The van der Waals surface area contributed by atoms with Crippen LogP contribution in [0.5, 0.6) is 0 Å². The van der Waals surface area contributed by atoms with Crippen molar-refractivity contribution in [2.45, 2.75) is 54.4 Å². The molecule has 2 fully saturated rings. The van der Waals surface area contributed by atoms with Gasteiger partial charge in [0.2, 0.25) is 0 Å². The highest BCUT2D eigenvalue weighted by Crippen LogP contribution is 2.30. The minimum atomic E-state index is -3.31. The molecule has 2 amide bonds. The molecule has 0 spiro atoms. The summed E-state index contributed by atoms with van der Waals surface area (Å²) in [6, 6.07) is 5.36. The number of aliphatic hydroxyl groups is 2. The van der Waals surface area contributed by atoms with Crippen molar-refractivity contribution in [2.75, 3.05) is 18.5 Å². The van der Waals surface area contributed by atoms with Gasteiger partial charge in [0, 0.05) is 12.2 Å². The molecule has 0 radical (unpaired) electrons. The zero-order chi connectivity index (χ0) is 18.0. The van der Waals surface area contributed by atoms with Gasteiger partial charge in [0.1, 0.15) is 0 Å². The Balaban J connectivity index is 1.67. The number of amides is 2. The van der Waals surface area contributed by atoms with Crippen LogP contribution >= 0.6 is 0 Å². The van der Waals surface area contributed by atoms with Crippen LogP contribution in [-0.2, 0) is 9.84 Å². The standard InChI is InChI=1S/C17H24N2O5S/c20-11-13-9-14(21)10-19(13)17(22)18-12-5-7-16(8-6-12)25(23,24)15-3-1-2-4-15/h5-8,13-15,20-21H,1-4,9-11H2,(H,18,22)/t13-,14+/m0/s1. The first-order valence-corrected chi connectivity index (χ1v) is 10.2. The van der Waals surface area contributed by atoms with Crippen molar-refractivity contribution in [3.8, 4) is 0 Å². The van der Waals surface area contributed by atoms with Crippen LogP contribution in [0.3, 0.4) is 0 Å². The highest BCUT2D eigenvalue weighted by Gasteiger charge is 2.34. The molecule has 0 unspecified atom stereocenters. The third kappa shape index (κ3) is 3.80. The predicted octanol–water partition coefficient (Wildman–Crippen LogP) is 1.36. The second kappa shape index (κ2) is 7.31. The second-order valence-electron chi connectivity index (χ2n) is 6.78. The van der Waals surface area contributed by atoms with Gasteiger partial charge in [-0.3, -0.25) is 0 Å². The molecule has 138 valence electrons. The van der Waals surface area contributed by atoms with Gasteiger partial charge in [-0.2, -0.15) is 0 Å². The van der Waals surface area contributed by atoms with Crippen LogP contribution in [0.15, 0.2) is 29.2 Å². The van der Waals surface area contributed by atoms with Crippen LogP contribution in [0.25, 0.3) is 0 Å². The first kappa shape index (κ1) is 18.2. The van der Waals surface area contributed by atoms with E-state index >= 15 is 0 Å². The molecule has 1 aromatic carbocycles. The van der Waals surface area contributed by atoms with Crippen LogP contribution in [0, 0.1) is 0 Å². The number of carbonyl (C=O) groups excluding carboxylic acids is 1. The molecular weight excluding hydrogens is 344 g/mol. The lowest BCUT2D eigenvalue weighted by atomic mass is 10.2. The molecule has 1 aliphatic heterocycles. The van der Waals surface area contributed by atoms with Crippen molar-refractivity contribution in [3.63, 3.8) is 0 Å². The Bertz CT molecular complexity index is 713. The molecule has 8 heteroatoms. The number of nitrogens with one attached hydrogen (secondary N) is 1. The van der Waals surface area contributed by atoms with E-state index < -0.39 is 28.0 Å². The summed E-state index contributed by atoms with van der Waals surface area (Å²) >= 11 is 0. The van der Waals surface area contributed by atoms with E-state index in [4.69, 9.17) is 0 Å². The fraction of sp³-hybridized carbons (Fsp3) is 0.588. The Kier molecular flexibility index (Phi) is 5.31. The van der Waals surface area contributed by atoms with E-state index in [1.165, 1.54) is 17.0 Å². The monoisotopic (exact) mass is 368 g/mol. The molecule has 1 saturated carbocycles. The van der Waals surface area contributed by atoms with Crippen molar-refractivity contribution < 1.29 is 23.4 Å². The Hall–Kier alpha value is -1.64. The van der Waals surface area contributed by atoms with Gasteiger partial charge in [-0.05, 0) is 43.5 Å². The number of sulfone groups is 1. The Morgan fingerprint density at radius 3 is 2.44 bits per heavy atom. The van der Waals surface area contributed by atoms with Crippen molar-refractivity contribution in [1.29, 1.82) is 0 Å². The molecule has 7 nitrogen and oxygen atoms in total. The summed E-state index contributed by atoms with van der Waals surface area (Å²) in [5.74, 6) is 0. The Morgan fingerprint density at radius 2 is 1.84 bits per heavy atom. The van der Waals surface area contributed by atoms with Crippen LogP contribution < -0.4 is 5.32 Å². The van der Waals surface area contributed by atoms with Gasteiger partial charge in [0.05, 0.1) is 28.9 Å². The van der Waals surface area contributed by atoms with Gasteiger partial charge < -0.3 is 20.4 Å². The smallest absolute Gasteiger partial charge is 0.322 e. The number of benzene rings is 1. The van der Waals surface area contributed by atoms with Crippen molar-refractivity contribution in [3.05, 3.63) is 24.3 Å². The molecule has 1 aliphatic carbocycles. The summed E-state index contributed by atoms with van der Waals surface area (Å²) in [7, 11) is -3.31. The second-order valence-corrected chi connectivity index (χ2v) is 9.01. The third-order valence-corrected chi connectivity index (χ3v) is 7.32. The van der Waals surface area contributed by atoms with E-state index in [0.29, 0.717) is 24.9 Å². The maximum absolute atomic E-state index is 12.5. The highest BCUT2D eigenvalue weighted by molar-refractivity contribution is 7.92. The third-order valence-electron chi connectivity index (χ3n) is 5.04. The summed E-state index contributed by atoms with van der Waals surface area (Å²) in [5.41, 5.74) is 0.480. The summed E-state index contributed by atoms with van der Waals surface area (Å²) in [5, 5.41) is 21.3. The maximum atomic E-state index is 12.5. The number of likely N-dealkylation sites (tertiary alicyclic amines) is 1. The molecular formula is C17H24N2O5S. The summed E-state index contributed by atoms with van der Waals surface area (Å²) in [6.45, 7) is -0.0335. The summed E-state index contributed by atoms with van der Waals surface area (Å²) in [6.07, 6.45) is 3.03. The Labute approximate surface area is 147 Å². The van der Waals surface area contributed by atoms with Crippen LogP contribution in [-0.4, -0.2) is 60.1 Å². The van der Waals surface area contributed by atoms with Gasteiger partial charge >= 0.3 is 6.03 Å². The first-order valence-electron chi connectivity index (χ1n) is 8.62. The number of urea groups is 1. The molecule has 25 heavy (non-hydrogen) atoms. The molecule has 0 bridgehead atoms. The van der Waals surface area contributed by atoms with Crippen molar-refractivity contribution >= 4 is 21.6 Å². The molecule has 2 aliphatic rings. The fourth-order valence-electron chi connectivity index (χ4n) is 3.63. The van der Waals surface area contributed by atoms with E-state index in [9.17, 15) is 23.4 Å². The average Bonchev–Trinajstić information content (AvgIpc) is 3.25. The lowest BCUT2D eigenvalue weighted by molar-refractivity contribution is 0.164. The number of carbonyl (C=O) groups is 1. The molecule has 3 rings (SSSR count). The van der Waals surface area contributed by atoms with Gasteiger partial charge in [-0.15, -0.1) is 0 Å². The molecule has 1 saturated heterocycles. The lowest BCUT2D eigenvalue weighted by Gasteiger charge is -2.23. The van der Waals surface area contributed by atoms with E-state index in [-0.39, 0.29) is 23.3 Å². The van der Waals surface area contributed by atoms with Gasteiger partial charge in [0.25, 0.3) is 0 Å². The zero-order valence-corrected chi connectivity index (χ0v) is 14.8. The number of hydrogen-bond acceptors (Lipinski definition) is 5.